The van der Waals surface area contributed by atoms with E-state index >= 15 is 0 Å². The fourth-order valence-corrected chi connectivity index (χ4v) is 3.22. The molecule has 3 rings (SSSR count). The molecule has 0 aliphatic rings. The van der Waals surface area contributed by atoms with Crippen molar-refractivity contribution in [3.05, 3.63) is 120 Å². The highest BCUT2D eigenvalue weighted by molar-refractivity contribution is 5.21. The van der Waals surface area contributed by atoms with Gasteiger partial charge in [0.1, 0.15) is 0 Å². The highest BCUT2D eigenvalue weighted by atomic mass is 15.1. The molecule has 0 atom stereocenters. The zero-order chi connectivity index (χ0) is 17.3. The first-order valence-electron chi connectivity index (χ1n) is 8.85. The second-order valence-electron chi connectivity index (χ2n) is 6.37. The molecule has 0 bridgehead atoms. The fourth-order valence-electron chi connectivity index (χ4n) is 3.22. The zero-order valence-electron chi connectivity index (χ0n) is 14.6. The van der Waals surface area contributed by atoms with Gasteiger partial charge in [0.15, 0.2) is 0 Å². The first-order chi connectivity index (χ1) is 12.3. The normalized spacial score (nSPS) is 10.6. The van der Waals surface area contributed by atoms with Gasteiger partial charge in [-0.2, -0.15) is 0 Å². The van der Waals surface area contributed by atoms with Crippen LogP contribution in [0.3, 0.4) is 0 Å². The highest BCUT2D eigenvalue weighted by Crippen LogP contribution is 2.18. The lowest BCUT2D eigenvalue weighted by Crippen LogP contribution is -2.34. The molecule has 0 heterocycles. The van der Waals surface area contributed by atoms with Crippen LogP contribution in [-0.4, -0.2) is 10.9 Å². The van der Waals surface area contributed by atoms with E-state index in [0.717, 1.165) is 19.4 Å². The van der Waals surface area contributed by atoms with Crippen molar-refractivity contribution in [2.24, 2.45) is 0 Å². The summed E-state index contributed by atoms with van der Waals surface area (Å²) in [7, 11) is 0. The van der Waals surface area contributed by atoms with Crippen LogP contribution < -0.4 is 0 Å². The summed E-state index contributed by atoms with van der Waals surface area (Å²) in [6.07, 6.45) is 4.01. The maximum Gasteiger partial charge on any atom is 0.0427 e. The summed E-state index contributed by atoms with van der Waals surface area (Å²) >= 11 is 0. The quantitative estimate of drug-likeness (QED) is 0.529. The monoisotopic (exact) mass is 327 g/mol. The molecular formula is C24H25N. The lowest BCUT2D eigenvalue weighted by Gasteiger charge is -2.31. The van der Waals surface area contributed by atoms with Gasteiger partial charge in [0.2, 0.25) is 0 Å². The summed E-state index contributed by atoms with van der Waals surface area (Å²) in [5, 5.41) is 0. The van der Waals surface area contributed by atoms with Crippen LogP contribution in [0.1, 0.15) is 16.7 Å². The average molecular weight is 327 g/mol. The smallest absolute Gasteiger partial charge is 0.0427 e. The van der Waals surface area contributed by atoms with Crippen LogP contribution in [0.4, 0.5) is 0 Å². The molecule has 1 heteroatoms. The van der Waals surface area contributed by atoms with Crippen molar-refractivity contribution in [1.29, 1.82) is 0 Å². The third-order valence-electron chi connectivity index (χ3n) is 4.54. The molecule has 3 aromatic carbocycles. The Bertz CT molecular complexity index is 708. The van der Waals surface area contributed by atoms with Crippen LogP contribution in [0.15, 0.2) is 104 Å². The van der Waals surface area contributed by atoms with Gasteiger partial charge in [0, 0.05) is 12.6 Å². The average Bonchev–Trinajstić information content (AvgIpc) is 2.68. The molecule has 0 saturated carbocycles. The molecule has 0 spiro atoms. The minimum absolute atomic E-state index is 0.377. The summed E-state index contributed by atoms with van der Waals surface area (Å²) in [6.45, 7) is 4.97. The Balaban J connectivity index is 1.81. The maximum atomic E-state index is 4.09. The zero-order valence-corrected chi connectivity index (χ0v) is 14.6. The van der Waals surface area contributed by atoms with Crippen LogP contribution >= 0.6 is 0 Å². The van der Waals surface area contributed by atoms with Gasteiger partial charge in [0.25, 0.3) is 0 Å². The molecule has 1 nitrogen and oxygen atoms in total. The van der Waals surface area contributed by atoms with Crippen LogP contribution in [0, 0.1) is 0 Å². The first-order valence-corrected chi connectivity index (χ1v) is 8.85. The van der Waals surface area contributed by atoms with Crippen LogP contribution in [0.5, 0.6) is 0 Å². The van der Waals surface area contributed by atoms with E-state index in [-0.39, 0.29) is 0 Å². The summed E-state index contributed by atoms with van der Waals surface area (Å²) in [5.41, 5.74) is 4.04. The van der Waals surface area contributed by atoms with Crippen molar-refractivity contribution >= 4 is 0 Å². The predicted octanol–water partition coefficient (Wildman–Crippen LogP) is 5.49. The second-order valence-corrected chi connectivity index (χ2v) is 6.37. The minimum Gasteiger partial charge on any atom is -0.370 e. The molecule has 0 unspecified atom stereocenters. The molecule has 0 amide bonds. The Kier molecular flexibility index (Phi) is 6.06. The standard InChI is InChI=1S/C24H25N/c1-2-25(20-23-16-10-5-11-17-23)24(18-21-12-6-3-7-13-21)19-22-14-8-4-9-15-22/h2-17,24H,1,18-20H2. The molecule has 0 fully saturated rings. The number of nitrogens with zero attached hydrogens (tertiary/aromatic N) is 1. The second kappa shape index (κ2) is 8.89. The Morgan fingerprint density at radius 2 is 1.04 bits per heavy atom. The van der Waals surface area contributed by atoms with Crippen molar-refractivity contribution in [3.8, 4) is 0 Å². The van der Waals surface area contributed by atoms with Crippen molar-refractivity contribution < 1.29 is 0 Å². The summed E-state index contributed by atoms with van der Waals surface area (Å²) in [4.78, 5) is 2.37. The minimum atomic E-state index is 0.377. The van der Waals surface area contributed by atoms with Crippen LogP contribution in [0.2, 0.25) is 0 Å². The number of rotatable bonds is 8. The third kappa shape index (κ3) is 5.09. The van der Waals surface area contributed by atoms with Gasteiger partial charge in [-0.15, -0.1) is 0 Å². The Hall–Kier alpha value is -2.80. The molecule has 0 radical (unpaired) electrons. The van der Waals surface area contributed by atoms with Crippen molar-refractivity contribution in [2.75, 3.05) is 0 Å². The molecule has 0 aromatic heterocycles. The summed E-state index contributed by atoms with van der Waals surface area (Å²) in [6, 6.07) is 32.4. The number of hydrogen-bond donors (Lipinski definition) is 0. The topological polar surface area (TPSA) is 3.24 Å². The lowest BCUT2D eigenvalue weighted by molar-refractivity contribution is 0.264. The van der Waals surface area contributed by atoms with E-state index in [2.05, 4.69) is 102 Å². The molecule has 3 aromatic rings. The molecule has 0 aliphatic carbocycles. The van der Waals surface area contributed by atoms with Crippen molar-refractivity contribution in [1.82, 2.24) is 4.90 Å². The molecule has 126 valence electrons. The van der Waals surface area contributed by atoms with Gasteiger partial charge in [-0.05, 0) is 35.7 Å². The van der Waals surface area contributed by atoms with Crippen LogP contribution in [0.25, 0.3) is 0 Å². The highest BCUT2D eigenvalue weighted by Gasteiger charge is 2.17. The molecule has 0 saturated heterocycles. The first kappa shape index (κ1) is 17.0. The summed E-state index contributed by atoms with van der Waals surface area (Å²) in [5.74, 6) is 0. The number of hydrogen-bond acceptors (Lipinski definition) is 1. The molecule has 25 heavy (non-hydrogen) atoms. The molecule has 0 N–H and O–H groups in total. The maximum absolute atomic E-state index is 4.09. The van der Waals surface area contributed by atoms with Gasteiger partial charge < -0.3 is 4.90 Å². The van der Waals surface area contributed by atoms with E-state index < -0.39 is 0 Å². The van der Waals surface area contributed by atoms with Gasteiger partial charge in [0.05, 0.1) is 0 Å². The Morgan fingerprint density at radius 1 is 0.640 bits per heavy atom. The van der Waals surface area contributed by atoms with E-state index in [0.29, 0.717) is 6.04 Å². The Labute approximate surface area is 151 Å². The van der Waals surface area contributed by atoms with Gasteiger partial charge in [-0.1, -0.05) is 97.6 Å². The fraction of sp³-hybridized carbons (Fsp3) is 0.167. The van der Waals surface area contributed by atoms with Gasteiger partial charge in [-0.3, -0.25) is 0 Å². The lowest BCUT2D eigenvalue weighted by atomic mass is 9.97. The van der Waals surface area contributed by atoms with E-state index in [9.17, 15) is 0 Å². The van der Waals surface area contributed by atoms with Crippen LogP contribution in [-0.2, 0) is 19.4 Å². The SMILES string of the molecule is C=CN(Cc1ccccc1)C(Cc1ccccc1)Cc1ccccc1. The van der Waals surface area contributed by atoms with E-state index in [4.69, 9.17) is 0 Å². The summed E-state index contributed by atoms with van der Waals surface area (Å²) < 4.78 is 0. The van der Waals surface area contributed by atoms with Crippen molar-refractivity contribution in [3.63, 3.8) is 0 Å². The van der Waals surface area contributed by atoms with Gasteiger partial charge in [-0.25, -0.2) is 0 Å². The largest absolute Gasteiger partial charge is 0.370 e. The molecular weight excluding hydrogens is 302 g/mol. The van der Waals surface area contributed by atoms with E-state index in [1.54, 1.807) is 0 Å². The predicted molar refractivity (Wildman–Crippen MR) is 106 cm³/mol. The third-order valence-corrected chi connectivity index (χ3v) is 4.54. The molecule has 0 aliphatic heterocycles. The number of benzene rings is 3. The van der Waals surface area contributed by atoms with Gasteiger partial charge >= 0.3 is 0 Å². The van der Waals surface area contributed by atoms with E-state index in [1.165, 1.54) is 16.7 Å². The van der Waals surface area contributed by atoms with Crippen molar-refractivity contribution in [2.45, 2.75) is 25.4 Å². The Morgan fingerprint density at radius 3 is 1.44 bits per heavy atom. The van der Waals surface area contributed by atoms with E-state index in [1.807, 2.05) is 6.20 Å².